The smallest absolute Gasteiger partial charge is 0.240 e. The molecule has 0 saturated carbocycles. The Morgan fingerprint density at radius 3 is 1.64 bits per heavy atom. The average molecular weight is 191 g/mol. The number of nitriles is 2. The topological polar surface area (TPSA) is 90.7 Å². The van der Waals surface area contributed by atoms with Gasteiger partial charge in [0.2, 0.25) is 5.91 Å². The van der Waals surface area contributed by atoms with E-state index in [0.717, 1.165) is 6.08 Å². The third kappa shape index (κ3) is 102. The van der Waals surface area contributed by atoms with Crippen molar-refractivity contribution >= 4 is 5.91 Å². The Bertz CT molecular complexity index is 279. The lowest BCUT2D eigenvalue weighted by atomic mass is 10.4. The Morgan fingerprint density at radius 2 is 1.64 bits per heavy atom. The van der Waals surface area contributed by atoms with Gasteiger partial charge in [0.25, 0.3) is 0 Å². The van der Waals surface area contributed by atoms with Crippen LogP contribution in [0, 0.1) is 22.7 Å². The van der Waals surface area contributed by atoms with Gasteiger partial charge in [-0.05, 0) is 13.0 Å². The van der Waals surface area contributed by atoms with Crippen LogP contribution in [0.15, 0.2) is 37.5 Å². The fraction of sp³-hybridized carbons (Fsp3) is 0.100. The number of carbonyl (C=O) groups excluding carboxylic acids is 1. The van der Waals surface area contributed by atoms with Gasteiger partial charge in [-0.3, -0.25) is 4.79 Å². The van der Waals surface area contributed by atoms with Gasteiger partial charge in [0.15, 0.2) is 0 Å². The van der Waals surface area contributed by atoms with Crippen molar-refractivity contribution in [3.63, 3.8) is 0 Å². The first-order chi connectivity index (χ1) is 6.45. The van der Waals surface area contributed by atoms with Gasteiger partial charge in [0.05, 0.1) is 12.1 Å². The minimum atomic E-state index is -0.481. The van der Waals surface area contributed by atoms with E-state index in [-0.39, 0.29) is 0 Å². The molecule has 0 aliphatic heterocycles. The number of allylic oxidation sites excluding steroid dienone is 2. The van der Waals surface area contributed by atoms with Crippen LogP contribution < -0.4 is 5.73 Å². The van der Waals surface area contributed by atoms with Gasteiger partial charge >= 0.3 is 0 Å². The van der Waals surface area contributed by atoms with Crippen molar-refractivity contribution in [1.29, 1.82) is 10.5 Å². The van der Waals surface area contributed by atoms with Crippen molar-refractivity contribution in [3.8, 4) is 12.1 Å². The Kier molecular flexibility index (Phi) is 21.4. The number of primary amides is 1. The SMILES string of the molecule is C=C(C)C#N.C=CC#N.C=CC(N)=O. The second kappa shape index (κ2) is 17.0. The summed E-state index contributed by atoms with van der Waals surface area (Å²) in [5.74, 6) is -0.481. The molecule has 0 saturated heterocycles. The first kappa shape index (κ1) is 17.7. The van der Waals surface area contributed by atoms with Gasteiger partial charge in [-0.2, -0.15) is 10.5 Å². The highest BCUT2D eigenvalue weighted by Gasteiger charge is 1.69. The lowest BCUT2D eigenvalue weighted by molar-refractivity contribution is -0.113. The molecule has 0 aromatic heterocycles. The van der Waals surface area contributed by atoms with E-state index in [0.29, 0.717) is 5.57 Å². The number of hydrogen-bond acceptors (Lipinski definition) is 3. The van der Waals surface area contributed by atoms with Gasteiger partial charge < -0.3 is 5.73 Å². The van der Waals surface area contributed by atoms with Crippen LogP contribution in [-0.4, -0.2) is 5.91 Å². The Morgan fingerprint density at radius 1 is 1.43 bits per heavy atom. The predicted molar refractivity (Wildman–Crippen MR) is 55.6 cm³/mol. The summed E-state index contributed by atoms with van der Waals surface area (Å²) >= 11 is 0. The summed E-state index contributed by atoms with van der Waals surface area (Å²) in [7, 11) is 0. The van der Waals surface area contributed by atoms with Gasteiger partial charge in [-0.1, -0.05) is 19.7 Å². The minimum absolute atomic E-state index is 0.481. The Hall–Kier alpha value is -2.33. The van der Waals surface area contributed by atoms with E-state index in [4.69, 9.17) is 10.5 Å². The Labute approximate surface area is 84.3 Å². The van der Waals surface area contributed by atoms with Gasteiger partial charge in [0, 0.05) is 11.6 Å². The number of nitrogens with zero attached hydrogens (tertiary/aromatic N) is 2. The highest BCUT2D eigenvalue weighted by molar-refractivity contribution is 5.84. The molecular weight excluding hydrogens is 178 g/mol. The lowest BCUT2D eigenvalue weighted by Gasteiger charge is -1.65. The molecule has 1 amide bonds. The molecule has 4 heteroatoms. The first-order valence-electron chi connectivity index (χ1n) is 3.44. The molecule has 74 valence electrons. The van der Waals surface area contributed by atoms with E-state index in [9.17, 15) is 4.79 Å². The summed E-state index contributed by atoms with van der Waals surface area (Å²) in [6.07, 6.45) is 2.24. The predicted octanol–water partition coefficient (Wildman–Crippen LogP) is 1.44. The molecule has 0 unspecified atom stereocenters. The van der Waals surface area contributed by atoms with Crippen LogP contribution >= 0.6 is 0 Å². The molecule has 0 aliphatic carbocycles. The van der Waals surface area contributed by atoms with Crippen molar-refractivity contribution in [1.82, 2.24) is 0 Å². The monoisotopic (exact) mass is 191 g/mol. The second-order valence-electron chi connectivity index (χ2n) is 1.83. The van der Waals surface area contributed by atoms with Crippen molar-refractivity contribution in [2.45, 2.75) is 6.92 Å². The van der Waals surface area contributed by atoms with Crippen LogP contribution in [0.3, 0.4) is 0 Å². The maximum absolute atomic E-state index is 9.47. The molecule has 0 fully saturated rings. The largest absolute Gasteiger partial charge is 0.366 e. The Balaban J connectivity index is -0.000000131. The van der Waals surface area contributed by atoms with Crippen LogP contribution in [0.5, 0.6) is 0 Å². The average Bonchev–Trinajstić information content (AvgIpc) is 2.19. The lowest BCUT2D eigenvalue weighted by Crippen LogP contribution is -2.04. The van der Waals surface area contributed by atoms with Gasteiger partial charge in [0.1, 0.15) is 0 Å². The van der Waals surface area contributed by atoms with E-state index in [1.165, 1.54) is 6.08 Å². The van der Waals surface area contributed by atoms with Crippen molar-refractivity contribution in [2.24, 2.45) is 5.73 Å². The van der Waals surface area contributed by atoms with Crippen LogP contribution in [0.25, 0.3) is 0 Å². The molecule has 4 nitrogen and oxygen atoms in total. The molecule has 14 heavy (non-hydrogen) atoms. The normalized spacial score (nSPS) is 5.36. The molecule has 0 bridgehead atoms. The van der Waals surface area contributed by atoms with Crippen LogP contribution in [0.1, 0.15) is 6.92 Å². The van der Waals surface area contributed by atoms with E-state index in [1.54, 1.807) is 13.0 Å². The summed E-state index contributed by atoms with van der Waals surface area (Å²) in [5.41, 5.74) is 5.09. The molecule has 0 aromatic rings. The maximum Gasteiger partial charge on any atom is 0.240 e. The maximum atomic E-state index is 9.47. The van der Waals surface area contributed by atoms with E-state index in [1.807, 2.05) is 6.07 Å². The summed E-state index contributed by atoms with van der Waals surface area (Å²) in [6.45, 7) is 11.2. The fourth-order valence-corrected chi connectivity index (χ4v) is 0. The summed E-state index contributed by atoms with van der Waals surface area (Å²) < 4.78 is 0. The molecule has 0 aliphatic rings. The van der Waals surface area contributed by atoms with Gasteiger partial charge in [-0.25, -0.2) is 0 Å². The number of nitrogens with two attached hydrogens (primary N) is 1. The van der Waals surface area contributed by atoms with Crippen LogP contribution in [0.2, 0.25) is 0 Å². The quantitative estimate of drug-likeness (QED) is 0.502. The molecule has 0 rings (SSSR count). The first-order valence-corrected chi connectivity index (χ1v) is 3.44. The second-order valence-corrected chi connectivity index (χ2v) is 1.83. The third-order valence-electron chi connectivity index (χ3n) is 0.483. The van der Waals surface area contributed by atoms with Gasteiger partial charge in [-0.15, -0.1) is 0 Å². The fourth-order valence-electron chi connectivity index (χ4n) is 0. The molecule has 2 N–H and O–H groups in total. The zero-order chi connectivity index (χ0) is 12.0. The summed E-state index contributed by atoms with van der Waals surface area (Å²) in [6, 6.07) is 3.53. The highest BCUT2D eigenvalue weighted by atomic mass is 16.1. The zero-order valence-corrected chi connectivity index (χ0v) is 8.16. The summed E-state index contributed by atoms with van der Waals surface area (Å²) in [5, 5.41) is 15.3. The van der Waals surface area contributed by atoms with E-state index in [2.05, 4.69) is 25.5 Å². The molecule has 0 spiro atoms. The minimum Gasteiger partial charge on any atom is -0.366 e. The highest BCUT2D eigenvalue weighted by Crippen LogP contribution is 1.74. The molecule has 0 radical (unpaired) electrons. The van der Waals surface area contributed by atoms with Crippen LogP contribution in [0.4, 0.5) is 0 Å². The summed E-state index contributed by atoms with van der Waals surface area (Å²) in [4.78, 5) is 9.47. The molecule has 0 heterocycles. The molecule has 0 aromatic carbocycles. The van der Waals surface area contributed by atoms with Crippen LogP contribution in [-0.2, 0) is 4.79 Å². The van der Waals surface area contributed by atoms with E-state index < -0.39 is 5.91 Å². The van der Waals surface area contributed by atoms with E-state index >= 15 is 0 Å². The molecular formula is C10H13N3O. The third-order valence-corrected chi connectivity index (χ3v) is 0.483. The number of amides is 1. The number of carbonyl (C=O) groups is 1. The number of rotatable bonds is 1. The number of hydrogen-bond donors (Lipinski definition) is 1. The standard InChI is InChI=1S/C4H5N.C3H5NO.C3H3N/c1-4(2)3-5;1-2-3(4)5;1-2-3-4/h1H2,2H3;2H,1H2,(H2,4,5);2H,1H2. The van der Waals surface area contributed by atoms with Crippen molar-refractivity contribution in [2.75, 3.05) is 0 Å². The van der Waals surface area contributed by atoms with Crippen molar-refractivity contribution < 1.29 is 4.79 Å². The zero-order valence-electron chi connectivity index (χ0n) is 8.16. The van der Waals surface area contributed by atoms with Crippen molar-refractivity contribution in [3.05, 3.63) is 37.5 Å². The molecule has 0 atom stereocenters.